The number of esters is 1. The van der Waals surface area contributed by atoms with Gasteiger partial charge in [0.05, 0.1) is 5.52 Å². The Morgan fingerprint density at radius 1 is 1.04 bits per heavy atom. The molecule has 0 aliphatic rings. The van der Waals surface area contributed by atoms with Crippen LogP contribution in [0.4, 0.5) is 0 Å². The number of carbonyl (C=O) groups is 2. The number of ether oxygens (including phenoxy) is 1. The van der Waals surface area contributed by atoms with Crippen LogP contribution in [0.2, 0.25) is 0 Å². The highest BCUT2D eigenvalue weighted by atomic mass is 16.5. The van der Waals surface area contributed by atoms with Gasteiger partial charge in [-0.2, -0.15) is 0 Å². The quantitative estimate of drug-likeness (QED) is 0.466. The van der Waals surface area contributed by atoms with Crippen LogP contribution in [0.1, 0.15) is 18.1 Å². The second-order valence-corrected chi connectivity index (χ2v) is 6.26. The van der Waals surface area contributed by atoms with Gasteiger partial charge in [0.2, 0.25) is 0 Å². The molecule has 0 fully saturated rings. The molecule has 142 valence electrons. The molecule has 0 aliphatic carbocycles. The molecule has 28 heavy (non-hydrogen) atoms. The summed E-state index contributed by atoms with van der Waals surface area (Å²) in [5, 5.41) is 0.993. The molecule has 1 amide bonds. The lowest BCUT2D eigenvalue weighted by Gasteiger charge is -2.20. The van der Waals surface area contributed by atoms with Crippen LogP contribution in [-0.4, -0.2) is 34.9 Å². The van der Waals surface area contributed by atoms with Crippen LogP contribution in [0.25, 0.3) is 17.0 Å². The predicted molar refractivity (Wildman–Crippen MR) is 109 cm³/mol. The summed E-state index contributed by atoms with van der Waals surface area (Å²) in [5.74, 6) is -0.781. The SMILES string of the molecule is CCN(Cc1ccccc1)C(=O)COC(=O)/C=C/c1cccc2cccnc12. The number of benzene rings is 2. The third-order valence-corrected chi connectivity index (χ3v) is 4.35. The van der Waals surface area contributed by atoms with E-state index < -0.39 is 5.97 Å². The Bertz CT molecular complexity index is 978. The zero-order valence-electron chi connectivity index (χ0n) is 15.7. The highest BCUT2D eigenvalue weighted by Gasteiger charge is 2.14. The van der Waals surface area contributed by atoms with E-state index in [9.17, 15) is 9.59 Å². The Labute approximate surface area is 164 Å². The molecule has 0 bridgehead atoms. The van der Waals surface area contributed by atoms with Crippen LogP contribution in [-0.2, 0) is 20.9 Å². The number of nitrogens with zero attached hydrogens (tertiary/aromatic N) is 2. The molecule has 0 saturated heterocycles. The van der Waals surface area contributed by atoms with E-state index in [0.717, 1.165) is 22.0 Å². The zero-order valence-corrected chi connectivity index (χ0v) is 15.7. The molecular formula is C23H22N2O3. The topological polar surface area (TPSA) is 59.5 Å². The molecule has 1 aromatic heterocycles. The summed E-state index contributed by atoms with van der Waals surface area (Å²) in [7, 11) is 0. The van der Waals surface area contributed by atoms with Crippen molar-refractivity contribution < 1.29 is 14.3 Å². The molecule has 0 atom stereocenters. The molecule has 5 heteroatoms. The van der Waals surface area contributed by atoms with Gasteiger partial charge < -0.3 is 9.64 Å². The van der Waals surface area contributed by atoms with Crippen molar-refractivity contribution in [2.45, 2.75) is 13.5 Å². The Balaban J connectivity index is 1.57. The molecule has 0 radical (unpaired) electrons. The zero-order chi connectivity index (χ0) is 19.8. The lowest BCUT2D eigenvalue weighted by Crippen LogP contribution is -2.33. The monoisotopic (exact) mass is 374 g/mol. The third kappa shape index (κ3) is 5.04. The van der Waals surface area contributed by atoms with Crippen molar-refractivity contribution in [2.24, 2.45) is 0 Å². The van der Waals surface area contributed by atoms with E-state index in [4.69, 9.17) is 4.74 Å². The van der Waals surface area contributed by atoms with Crippen molar-refractivity contribution in [3.05, 3.63) is 84.1 Å². The van der Waals surface area contributed by atoms with E-state index in [1.807, 2.05) is 67.6 Å². The first-order valence-electron chi connectivity index (χ1n) is 9.17. The van der Waals surface area contributed by atoms with E-state index in [2.05, 4.69) is 4.98 Å². The van der Waals surface area contributed by atoms with Gasteiger partial charge >= 0.3 is 5.97 Å². The van der Waals surface area contributed by atoms with Gasteiger partial charge in [0.1, 0.15) is 0 Å². The highest BCUT2D eigenvalue weighted by Crippen LogP contribution is 2.17. The van der Waals surface area contributed by atoms with Crippen LogP contribution in [0.15, 0.2) is 72.9 Å². The first kappa shape index (κ1) is 19.3. The first-order valence-corrected chi connectivity index (χ1v) is 9.17. The largest absolute Gasteiger partial charge is 0.452 e. The van der Waals surface area contributed by atoms with Gasteiger partial charge in [-0.1, -0.05) is 54.6 Å². The maximum Gasteiger partial charge on any atom is 0.331 e. The fourth-order valence-electron chi connectivity index (χ4n) is 2.87. The average Bonchev–Trinajstić information content (AvgIpc) is 2.75. The highest BCUT2D eigenvalue weighted by molar-refractivity contribution is 5.93. The molecule has 3 rings (SSSR count). The van der Waals surface area contributed by atoms with Crippen LogP contribution in [0, 0.1) is 0 Å². The predicted octanol–water partition coefficient (Wildman–Crippen LogP) is 3.84. The van der Waals surface area contributed by atoms with Crippen molar-refractivity contribution in [1.29, 1.82) is 0 Å². The van der Waals surface area contributed by atoms with Gasteiger partial charge in [-0.05, 0) is 24.6 Å². The molecule has 0 spiro atoms. The Hall–Kier alpha value is -3.47. The molecular weight excluding hydrogens is 352 g/mol. The maximum atomic E-state index is 12.3. The second-order valence-electron chi connectivity index (χ2n) is 6.26. The molecule has 0 aliphatic heterocycles. The van der Waals surface area contributed by atoms with Gasteiger partial charge in [-0.15, -0.1) is 0 Å². The number of hydrogen-bond donors (Lipinski definition) is 0. The maximum absolute atomic E-state index is 12.3. The normalized spacial score (nSPS) is 10.9. The second kappa shape index (κ2) is 9.46. The fourth-order valence-corrected chi connectivity index (χ4v) is 2.87. The average molecular weight is 374 g/mol. The van der Waals surface area contributed by atoms with Crippen molar-refractivity contribution in [3.8, 4) is 0 Å². The molecule has 0 saturated carbocycles. The van der Waals surface area contributed by atoms with Crippen molar-refractivity contribution in [3.63, 3.8) is 0 Å². The molecule has 5 nitrogen and oxygen atoms in total. The lowest BCUT2D eigenvalue weighted by atomic mass is 10.1. The Morgan fingerprint density at radius 3 is 2.61 bits per heavy atom. The van der Waals surface area contributed by atoms with E-state index in [1.165, 1.54) is 6.08 Å². The number of rotatable bonds is 7. The van der Waals surface area contributed by atoms with E-state index in [-0.39, 0.29) is 12.5 Å². The summed E-state index contributed by atoms with van der Waals surface area (Å²) < 4.78 is 5.12. The number of aromatic nitrogens is 1. The molecule has 2 aromatic carbocycles. The van der Waals surface area contributed by atoms with Crippen molar-refractivity contribution in [1.82, 2.24) is 9.88 Å². The van der Waals surface area contributed by atoms with Crippen LogP contribution in [0.3, 0.4) is 0 Å². The third-order valence-electron chi connectivity index (χ3n) is 4.35. The van der Waals surface area contributed by atoms with Crippen molar-refractivity contribution >= 4 is 28.9 Å². The van der Waals surface area contributed by atoms with E-state index >= 15 is 0 Å². The van der Waals surface area contributed by atoms with Gasteiger partial charge in [0, 0.05) is 36.3 Å². The summed E-state index contributed by atoms with van der Waals surface area (Å²) in [4.78, 5) is 30.4. The summed E-state index contributed by atoms with van der Waals surface area (Å²) in [6, 6.07) is 19.3. The van der Waals surface area contributed by atoms with E-state index in [0.29, 0.717) is 13.1 Å². The summed E-state index contributed by atoms with van der Waals surface area (Å²) in [6.45, 7) is 2.65. The van der Waals surface area contributed by atoms with E-state index in [1.54, 1.807) is 17.2 Å². The molecule has 1 heterocycles. The number of fused-ring (bicyclic) bond motifs is 1. The first-order chi connectivity index (χ1) is 13.7. The summed E-state index contributed by atoms with van der Waals surface area (Å²) in [6.07, 6.45) is 4.69. The Morgan fingerprint density at radius 2 is 1.82 bits per heavy atom. The number of carbonyl (C=O) groups excluding carboxylic acids is 2. The van der Waals surface area contributed by atoms with Crippen molar-refractivity contribution in [2.75, 3.05) is 13.2 Å². The minimum atomic E-state index is -0.558. The number of pyridine rings is 1. The minimum Gasteiger partial charge on any atom is -0.452 e. The molecule has 0 unspecified atom stereocenters. The summed E-state index contributed by atoms with van der Waals surface area (Å²) >= 11 is 0. The number of para-hydroxylation sites is 1. The fraction of sp³-hybridized carbons (Fsp3) is 0.174. The summed E-state index contributed by atoms with van der Waals surface area (Å²) in [5.41, 5.74) is 2.66. The van der Waals surface area contributed by atoms with Gasteiger partial charge in [-0.25, -0.2) is 4.79 Å². The molecule has 3 aromatic rings. The minimum absolute atomic E-state index is 0.222. The number of amides is 1. The lowest BCUT2D eigenvalue weighted by molar-refractivity contribution is -0.148. The van der Waals surface area contributed by atoms with Crippen LogP contribution < -0.4 is 0 Å². The van der Waals surface area contributed by atoms with Gasteiger partial charge in [0.25, 0.3) is 5.91 Å². The Kier molecular flexibility index (Phi) is 6.52. The van der Waals surface area contributed by atoms with Gasteiger partial charge in [0.15, 0.2) is 6.61 Å². The standard InChI is InChI=1S/C23H22N2O3/c1-2-25(16-18-8-4-3-5-9-18)21(26)17-28-22(27)14-13-20-11-6-10-19-12-7-15-24-23(19)20/h3-15H,2,16-17H2,1H3/b14-13+. The van der Waals surface area contributed by atoms with Crippen LogP contribution in [0.5, 0.6) is 0 Å². The molecule has 0 N–H and O–H groups in total. The smallest absolute Gasteiger partial charge is 0.331 e. The van der Waals surface area contributed by atoms with Crippen LogP contribution >= 0.6 is 0 Å². The number of likely N-dealkylation sites (N-methyl/N-ethyl adjacent to an activating group) is 1. The van der Waals surface area contributed by atoms with Gasteiger partial charge in [-0.3, -0.25) is 9.78 Å². The number of hydrogen-bond acceptors (Lipinski definition) is 4.